The van der Waals surface area contributed by atoms with Crippen molar-refractivity contribution in [1.82, 2.24) is 10.3 Å². The molecule has 0 spiro atoms. The number of rotatable bonds is 11. The van der Waals surface area contributed by atoms with Crippen molar-refractivity contribution in [3.8, 4) is 17.4 Å². The van der Waals surface area contributed by atoms with E-state index in [4.69, 9.17) is 37.4 Å². The van der Waals surface area contributed by atoms with Gasteiger partial charge in [0, 0.05) is 34.4 Å². The van der Waals surface area contributed by atoms with Gasteiger partial charge in [-0.2, -0.15) is 0 Å². The quantitative estimate of drug-likeness (QED) is 0.298. The average molecular weight is 526 g/mol. The summed E-state index contributed by atoms with van der Waals surface area (Å²) in [5.41, 5.74) is 1.92. The highest BCUT2D eigenvalue weighted by Crippen LogP contribution is 2.37. The fourth-order valence-corrected chi connectivity index (χ4v) is 3.91. The molecule has 3 aromatic rings. The largest absolute Gasteiger partial charge is 0.493 e. The summed E-state index contributed by atoms with van der Waals surface area (Å²) in [5.74, 6) is 1.92. The normalized spacial score (nSPS) is 10.7. The van der Waals surface area contributed by atoms with E-state index in [0.29, 0.717) is 47.2 Å². The lowest BCUT2D eigenvalue weighted by atomic mass is 10.2. The fourth-order valence-electron chi connectivity index (χ4n) is 2.84. The summed E-state index contributed by atoms with van der Waals surface area (Å²) < 4.78 is 17.9. The molecule has 164 valence electrons. The van der Waals surface area contributed by atoms with E-state index in [1.54, 1.807) is 25.4 Å². The summed E-state index contributed by atoms with van der Waals surface area (Å²) in [4.78, 5) is 4.14. The number of aromatic nitrogens is 1. The third kappa shape index (κ3) is 7.28. The van der Waals surface area contributed by atoms with Gasteiger partial charge in [-0.15, -0.1) is 0 Å². The summed E-state index contributed by atoms with van der Waals surface area (Å²) in [7, 11) is 1.62. The smallest absolute Gasteiger partial charge is 0.213 e. The predicted octanol–water partition coefficient (Wildman–Crippen LogP) is 6.30. The molecule has 0 radical (unpaired) electrons. The van der Waals surface area contributed by atoms with Crippen molar-refractivity contribution < 1.29 is 14.2 Å². The van der Waals surface area contributed by atoms with E-state index in [9.17, 15) is 0 Å². The Hall–Kier alpha value is -1.99. The molecule has 0 saturated carbocycles. The molecule has 0 fully saturated rings. The minimum Gasteiger partial charge on any atom is -0.493 e. The average Bonchev–Trinajstić information content (AvgIpc) is 2.77. The number of hydrogen-bond donors (Lipinski definition) is 1. The van der Waals surface area contributed by atoms with Gasteiger partial charge in [-0.3, -0.25) is 0 Å². The Kier molecular flexibility index (Phi) is 9.28. The van der Waals surface area contributed by atoms with Crippen molar-refractivity contribution in [3.63, 3.8) is 0 Å². The summed E-state index contributed by atoms with van der Waals surface area (Å²) in [5, 5.41) is 4.56. The van der Waals surface area contributed by atoms with Crippen molar-refractivity contribution in [2.45, 2.75) is 19.6 Å². The Bertz CT molecular complexity index is 990. The van der Waals surface area contributed by atoms with E-state index in [-0.39, 0.29) is 0 Å². The van der Waals surface area contributed by atoms with Crippen LogP contribution in [0.25, 0.3) is 0 Å². The number of nitrogens with zero attached hydrogens (tertiary/aromatic N) is 1. The first kappa shape index (κ1) is 23.7. The number of pyridine rings is 1. The van der Waals surface area contributed by atoms with Crippen LogP contribution in [0.3, 0.4) is 0 Å². The Labute approximate surface area is 200 Å². The van der Waals surface area contributed by atoms with Crippen LogP contribution in [0.2, 0.25) is 10.0 Å². The molecule has 0 aliphatic heterocycles. The molecule has 1 heterocycles. The molecule has 0 aliphatic rings. The van der Waals surface area contributed by atoms with E-state index >= 15 is 0 Å². The molecule has 0 amide bonds. The Morgan fingerprint density at radius 3 is 2.68 bits per heavy atom. The van der Waals surface area contributed by atoms with Crippen molar-refractivity contribution >= 4 is 39.1 Å². The highest BCUT2D eigenvalue weighted by atomic mass is 79.9. The van der Waals surface area contributed by atoms with Gasteiger partial charge in [0.15, 0.2) is 11.5 Å². The Balaban J connectivity index is 1.50. The maximum absolute atomic E-state index is 6.23. The number of ether oxygens (including phenoxy) is 3. The Morgan fingerprint density at radius 1 is 1.06 bits per heavy atom. The molecule has 0 aliphatic carbocycles. The predicted molar refractivity (Wildman–Crippen MR) is 128 cm³/mol. The fraction of sp³-hybridized carbons (Fsp3) is 0.261. The van der Waals surface area contributed by atoms with Crippen LogP contribution in [0.4, 0.5) is 0 Å². The first-order valence-corrected chi connectivity index (χ1v) is 11.3. The molecule has 2 aromatic carbocycles. The number of hydrogen-bond acceptors (Lipinski definition) is 5. The molecule has 0 unspecified atom stereocenters. The van der Waals surface area contributed by atoms with Gasteiger partial charge in [-0.05, 0) is 64.8 Å². The molecule has 5 nitrogen and oxygen atoms in total. The minimum atomic E-state index is 0.304. The van der Waals surface area contributed by atoms with E-state index in [1.807, 2.05) is 36.4 Å². The van der Waals surface area contributed by atoms with Gasteiger partial charge in [0.25, 0.3) is 0 Å². The number of halogens is 3. The van der Waals surface area contributed by atoms with Gasteiger partial charge in [-0.25, -0.2) is 4.98 Å². The molecule has 0 saturated heterocycles. The SMILES string of the molecule is COc1cc(CNCCCOc2ccccn2)cc(Br)c1OCc1ccc(Cl)cc1Cl. The second-order valence-electron chi connectivity index (χ2n) is 6.68. The lowest BCUT2D eigenvalue weighted by Gasteiger charge is -2.15. The molecule has 1 aromatic heterocycles. The van der Waals surface area contributed by atoms with Gasteiger partial charge < -0.3 is 19.5 Å². The minimum absolute atomic E-state index is 0.304. The highest BCUT2D eigenvalue weighted by molar-refractivity contribution is 9.10. The maximum Gasteiger partial charge on any atom is 0.213 e. The topological polar surface area (TPSA) is 52.6 Å². The lowest BCUT2D eigenvalue weighted by molar-refractivity contribution is 0.282. The summed E-state index contributed by atoms with van der Waals surface area (Å²) in [6.45, 7) is 2.43. The van der Waals surface area contributed by atoms with Crippen molar-refractivity contribution in [3.05, 3.63) is 80.4 Å². The van der Waals surface area contributed by atoms with Gasteiger partial charge in [-0.1, -0.05) is 35.3 Å². The zero-order valence-corrected chi connectivity index (χ0v) is 20.1. The lowest BCUT2D eigenvalue weighted by Crippen LogP contribution is -2.17. The second kappa shape index (κ2) is 12.2. The van der Waals surface area contributed by atoms with Gasteiger partial charge in [0.1, 0.15) is 6.61 Å². The molecule has 0 atom stereocenters. The van der Waals surface area contributed by atoms with Crippen molar-refractivity contribution in [2.75, 3.05) is 20.3 Å². The third-order valence-corrected chi connectivity index (χ3v) is 5.57. The first-order chi connectivity index (χ1) is 15.1. The molecule has 0 bridgehead atoms. The van der Waals surface area contributed by atoms with Gasteiger partial charge in [0.05, 0.1) is 18.2 Å². The first-order valence-electron chi connectivity index (χ1n) is 9.74. The van der Waals surface area contributed by atoms with Crippen LogP contribution in [0.1, 0.15) is 17.5 Å². The van der Waals surface area contributed by atoms with Gasteiger partial charge in [0.2, 0.25) is 5.88 Å². The van der Waals surface area contributed by atoms with Crippen LogP contribution in [0, 0.1) is 0 Å². The summed E-state index contributed by atoms with van der Waals surface area (Å²) in [6.07, 6.45) is 2.59. The molecule has 3 rings (SSSR count). The van der Waals surface area contributed by atoms with Crippen LogP contribution < -0.4 is 19.5 Å². The van der Waals surface area contributed by atoms with Crippen LogP contribution in [0.5, 0.6) is 17.4 Å². The maximum atomic E-state index is 6.23. The van der Waals surface area contributed by atoms with E-state index < -0.39 is 0 Å². The van der Waals surface area contributed by atoms with E-state index in [1.165, 1.54) is 0 Å². The van der Waals surface area contributed by atoms with E-state index in [2.05, 4.69) is 26.2 Å². The highest BCUT2D eigenvalue weighted by Gasteiger charge is 2.13. The van der Waals surface area contributed by atoms with Gasteiger partial charge >= 0.3 is 0 Å². The standard InChI is InChI=1S/C23H23BrCl2N2O3/c1-29-21-12-16(14-27-8-4-10-30-22-5-2-3-9-28-22)11-19(24)23(21)31-15-17-6-7-18(25)13-20(17)26/h2-3,5-7,9,11-13,27H,4,8,10,14-15H2,1H3. The summed E-state index contributed by atoms with van der Waals surface area (Å²) >= 11 is 15.8. The van der Waals surface area contributed by atoms with E-state index in [0.717, 1.165) is 28.6 Å². The second-order valence-corrected chi connectivity index (χ2v) is 8.38. The molecular weight excluding hydrogens is 503 g/mol. The zero-order chi connectivity index (χ0) is 22.1. The zero-order valence-electron chi connectivity index (χ0n) is 17.0. The molecule has 1 N–H and O–H groups in total. The monoisotopic (exact) mass is 524 g/mol. The molecule has 8 heteroatoms. The Morgan fingerprint density at radius 2 is 1.94 bits per heavy atom. The molecule has 31 heavy (non-hydrogen) atoms. The third-order valence-electron chi connectivity index (χ3n) is 4.39. The van der Waals surface area contributed by atoms with Crippen LogP contribution in [0.15, 0.2) is 59.2 Å². The molecular formula is C23H23BrCl2N2O3. The van der Waals surface area contributed by atoms with Crippen LogP contribution >= 0.6 is 39.1 Å². The van der Waals surface area contributed by atoms with Crippen molar-refractivity contribution in [1.29, 1.82) is 0 Å². The number of nitrogens with one attached hydrogen (secondary N) is 1. The van der Waals surface area contributed by atoms with Crippen molar-refractivity contribution in [2.24, 2.45) is 0 Å². The van der Waals surface area contributed by atoms with Crippen LogP contribution in [-0.2, 0) is 13.2 Å². The van der Waals surface area contributed by atoms with Crippen LogP contribution in [-0.4, -0.2) is 25.2 Å². The summed E-state index contributed by atoms with van der Waals surface area (Å²) in [6, 6.07) is 14.9. The number of benzene rings is 2. The number of methoxy groups -OCH3 is 1.